The first kappa shape index (κ1) is 6.71. The fourth-order valence-electron chi connectivity index (χ4n) is 1.65. The molecule has 0 amide bonds. The van der Waals surface area contributed by atoms with Gasteiger partial charge in [0.15, 0.2) is 0 Å². The van der Waals surface area contributed by atoms with Crippen molar-refractivity contribution in [1.29, 1.82) is 0 Å². The number of nitrogens with zero attached hydrogens (tertiary/aromatic N) is 1. The van der Waals surface area contributed by atoms with Crippen LogP contribution in [-0.2, 0) is 0 Å². The molecule has 13 heavy (non-hydrogen) atoms. The van der Waals surface area contributed by atoms with Crippen molar-refractivity contribution in [3.8, 4) is 0 Å². The van der Waals surface area contributed by atoms with Crippen LogP contribution < -0.4 is 0 Å². The van der Waals surface area contributed by atoms with Crippen molar-refractivity contribution in [2.24, 2.45) is 0 Å². The number of furan rings is 1. The molecule has 0 radical (unpaired) electrons. The van der Waals surface area contributed by atoms with Gasteiger partial charge in [0.2, 0.25) is 0 Å². The van der Waals surface area contributed by atoms with Crippen LogP contribution in [0.25, 0.3) is 21.9 Å². The second-order valence-corrected chi connectivity index (χ2v) is 3.14. The Bertz CT molecular complexity index is 577. The quantitative estimate of drug-likeness (QED) is 0.566. The van der Waals surface area contributed by atoms with E-state index < -0.39 is 0 Å². The molecular formula is C10H8N2O. The Morgan fingerprint density at radius 2 is 2.15 bits per heavy atom. The zero-order valence-corrected chi connectivity index (χ0v) is 7.16. The molecule has 0 spiro atoms. The normalized spacial score (nSPS) is 11.5. The number of hydrogen-bond donors (Lipinski definition) is 1. The molecular weight excluding hydrogens is 164 g/mol. The van der Waals surface area contributed by atoms with Gasteiger partial charge < -0.3 is 4.42 Å². The summed E-state index contributed by atoms with van der Waals surface area (Å²) in [4.78, 5) is 0. The van der Waals surface area contributed by atoms with Gasteiger partial charge in [0, 0.05) is 16.5 Å². The third-order valence-electron chi connectivity index (χ3n) is 2.35. The fraction of sp³-hybridized carbons (Fsp3) is 0.100. The van der Waals surface area contributed by atoms with Gasteiger partial charge in [0.1, 0.15) is 11.1 Å². The molecule has 0 fully saturated rings. The van der Waals surface area contributed by atoms with E-state index in [0.717, 1.165) is 27.6 Å². The molecule has 3 nitrogen and oxygen atoms in total. The molecule has 0 atom stereocenters. The Labute approximate surface area is 74.4 Å². The van der Waals surface area contributed by atoms with Gasteiger partial charge in [-0.05, 0) is 25.1 Å². The van der Waals surface area contributed by atoms with Crippen molar-refractivity contribution >= 4 is 21.9 Å². The number of aromatic nitrogens is 2. The Morgan fingerprint density at radius 3 is 3.08 bits per heavy atom. The summed E-state index contributed by atoms with van der Waals surface area (Å²) in [6.45, 7) is 2.02. The zero-order chi connectivity index (χ0) is 8.84. The lowest BCUT2D eigenvalue weighted by Crippen LogP contribution is -1.69. The topological polar surface area (TPSA) is 41.8 Å². The zero-order valence-electron chi connectivity index (χ0n) is 7.16. The van der Waals surface area contributed by atoms with Crippen LogP contribution >= 0.6 is 0 Å². The summed E-state index contributed by atoms with van der Waals surface area (Å²) in [5.41, 5.74) is 2.97. The van der Waals surface area contributed by atoms with Crippen LogP contribution in [0, 0.1) is 6.92 Å². The Hall–Kier alpha value is -1.77. The molecule has 0 aliphatic carbocycles. The van der Waals surface area contributed by atoms with E-state index in [1.54, 1.807) is 6.26 Å². The van der Waals surface area contributed by atoms with E-state index in [0.29, 0.717) is 0 Å². The maximum absolute atomic E-state index is 5.28. The fourth-order valence-corrected chi connectivity index (χ4v) is 1.65. The third kappa shape index (κ3) is 0.758. The van der Waals surface area contributed by atoms with Crippen LogP contribution in [0.3, 0.4) is 0 Å². The highest BCUT2D eigenvalue weighted by molar-refractivity contribution is 6.03. The van der Waals surface area contributed by atoms with Gasteiger partial charge in [-0.2, -0.15) is 5.10 Å². The molecule has 3 rings (SSSR count). The predicted molar refractivity (Wildman–Crippen MR) is 50.6 cm³/mol. The average Bonchev–Trinajstić information content (AvgIpc) is 2.70. The van der Waals surface area contributed by atoms with Crippen molar-refractivity contribution < 1.29 is 4.42 Å². The lowest BCUT2D eigenvalue weighted by Gasteiger charge is -1.89. The van der Waals surface area contributed by atoms with Gasteiger partial charge >= 0.3 is 0 Å². The van der Waals surface area contributed by atoms with Crippen LogP contribution in [0.4, 0.5) is 0 Å². The van der Waals surface area contributed by atoms with E-state index in [4.69, 9.17) is 4.42 Å². The molecule has 0 bridgehead atoms. The monoisotopic (exact) mass is 172 g/mol. The van der Waals surface area contributed by atoms with Gasteiger partial charge in [-0.25, -0.2) is 0 Å². The van der Waals surface area contributed by atoms with Crippen molar-refractivity contribution in [3.63, 3.8) is 0 Å². The summed E-state index contributed by atoms with van der Waals surface area (Å²) in [5.74, 6) is 0. The molecule has 3 heteroatoms. The van der Waals surface area contributed by atoms with Gasteiger partial charge in [0.25, 0.3) is 0 Å². The molecule has 1 N–H and O–H groups in total. The Balaban J connectivity index is 2.66. The molecule has 1 aromatic carbocycles. The molecule has 64 valence electrons. The van der Waals surface area contributed by atoms with E-state index in [1.165, 1.54) is 0 Å². The first-order chi connectivity index (χ1) is 6.36. The molecule has 2 heterocycles. The van der Waals surface area contributed by atoms with Crippen molar-refractivity contribution in [1.82, 2.24) is 10.2 Å². The standard InChI is InChI=1S/C10H8N2O/c1-6-7-2-3-9-8(4-5-13-9)10(7)12-11-6/h2-5H,1H3,(H,11,12). The number of nitrogens with one attached hydrogen (secondary N) is 1. The van der Waals surface area contributed by atoms with Crippen molar-refractivity contribution in [3.05, 3.63) is 30.2 Å². The maximum Gasteiger partial charge on any atom is 0.136 e. The summed E-state index contributed by atoms with van der Waals surface area (Å²) in [7, 11) is 0. The summed E-state index contributed by atoms with van der Waals surface area (Å²) in [5, 5.41) is 9.43. The van der Waals surface area contributed by atoms with E-state index in [2.05, 4.69) is 10.2 Å². The second-order valence-electron chi connectivity index (χ2n) is 3.14. The Morgan fingerprint density at radius 1 is 1.23 bits per heavy atom. The number of fused-ring (bicyclic) bond motifs is 3. The predicted octanol–water partition coefficient (Wildman–Crippen LogP) is 2.62. The minimum Gasteiger partial charge on any atom is -0.464 e. The molecule has 0 saturated heterocycles. The number of hydrogen-bond acceptors (Lipinski definition) is 2. The van der Waals surface area contributed by atoms with Gasteiger partial charge in [-0.15, -0.1) is 0 Å². The number of rotatable bonds is 0. The highest BCUT2D eigenvalue weighted by Crippen LogP contribution is 2.25. The van der Waals surface area contributed by atoms with E-state index in [9.17, 15) is 0 Å². The highest BCUT2D eigenvalue weighted by Gasteiger charge is 2.06. The number of benzene rings is 1. The second kappa shape index (κ2) is 2.13. The maximum atomic E-state index is 5.28. The number of aryl methyl sites for hydroxylation is 1. The summed E-state index contributed by atoms with van der Waals surface area (Å²) in [6.07, 6.45) is 1.69. The van der Waals surface area contributed by atoms with Gasteiger partial charge in [-0.1, -0.05) is 0 Å². The third-order valence-corrected chi connectivity index (χ3v) is 2.35. The molecule has 0 aliphatic rings. The smallest absolute Gasteiger partial charge is 0.136 e. The molecule has 3 aromatic rings. The first-order valence-corrected chi connectivity index (χ1v) is 4.17. The summed E-state index contributed by atoms with van der Waals surface area (Å²) in [6, 6.07) is 5.94. The van der Waals surface area contributed by atoms with Crippen LogP contribution in [0.2, 0.25) is 0 Å². The SMILES string of the molecule is Cc1[nH]nc2c1ccc1occc12. The van der Waals surface area contributed by atoms with E-state index in [1.807, 2.05) is 25.1 Å². The number of H-pyrrole nitrogens is 1. The van der Waals surface area contributed by atoms with E-state index >= 15 is 0 Å². The average molecular weight is 172 g/mol. The van der Waals surface area contributed by atoms with Crippen molar-refractivity contribution in [2.45, 2.75) is 6.92 Å². The van der Waals surface area contributed by atoms with Crippen molar-refractivity contribution in [2.75, 3.05) is 0 Å². The minimum absolute atomic E-state index is 0.888. The summed E-state index contributed by atoms with van der Waals surface area (Å²) < 4.78 is 5.28. The highest BCUT2D eigenvalue weighted by atomic mass is 16.3. The summed E-state index contributed by atoms with van der Waals surface area (Å²) >= 11 is 0. The van der Waals surface area contributed by atoms with Crippen LogP contribution in [0.5, 0.6) is 0 Å². The molecule has 2 aromatic heterocycles. The lowest BCUT2D eigenvalue weighted by atomic mass is 10.1. The minimum atomic E-state index is 0.888. The van der Waals surface area contributed by atoms with Gasteiger partial charge in [0.05, 0.1) is 6.26 Å². The number of aromatic amines is 1. The van der Waals surface area contributed by atoms with Crippen LogP contribution in [0.1, 0.15) is 5.69 Å². The molecule has 0 aliphatic heterocycles. The molecule has 0 saturated carbocycles. The van der Waals surface area contributed by atoms with Crippen LogP contribution in [-0.4, -0.2) is 10.2 Å². The molecule has 0 unspecified atom stereocenters. The Kier molecular flexibility index (Phi) is 1.10. The van der Waals surface area contributed by atoms with Crippen LogP contribution in [0.15, 0.2) is 28.9 Å². The lowest BCUT2D eigenvalue weighted by molar-refractivity contribution is 0.616. The first-order valence-electron chi connectivity index (χ1n) is 4.17. The largest absolute Gasteiger partial charge is 0.464 e. The van der Waals surface area contributed by atoms with E-state index in [-0.39, 0.29) is 0 Å². The van der Waals surface area contributed by atoms with Gasteiger partial charge in [-0.3, -0.25) is 5.10 Å².